The number of benzene rings is 1. The van der Waals surface area contributed by atoms with Gasteiger partial charge in [-0.25, -0.2) is 4.98 Å². The van der Waals surface area contributed by atoms with Gasteiger partial charge in [0.1, 0.15) is 5.75 Å². The zero-order valence-electron chi connectivity index (χ0n) is 14.1. The van der Waals surface area contributed by atoms with Crippen molar-refractivity contribution < 1.29 is 9.90 Å². The fraction of sp³-hybridized carbons (Fsp3) is 0.474. The van der Waals surface area contributed by atoms with Gasteiger partial charge in [0, 0.05) is 17.8 Å². The summed E-state index contributed by atoms with van der Waals surface area (Å²) in [5.41, 5.74) is 2.71. The van der Waals surface area contributed by atoms with E-state index in [0.717, 1.165) is 31.2 Å². The Labute approximate surface area is 146 Å². The number of aromatic hydroxyl groups is 1. The number of carbonyl (C=O) groups is 1. The number of aromatic nitrogens is 1. The van der Waals surface area contributed by atoms with Crippen LogP contribution in [0.2, 0.25) is 0 Å². The maximum Gasteiger partial charge on any atom is 0.255 e. The predicted molar refractivity (Wildman–Crippen MR) is 96.9 cm³/mol. The van der Waals surface area contributed by atoms with Gasteiger partial charge < -0.3 is 10.4 Å². The fourth-order valence-corrected chi connectivity index (χ4v) is 4.23. The number of fused-ring (bicyclic) bond motifs is 1. The first-order valence-corrected chi connectivity index (χ1v) is 9.56. The van der Waals surface area contributed by atoms with E-state index in [1.54, 1.807) is 12.1 Å². The molecular formula is C19H24N2O2S. The van der Waals surface area contributed by atoms with Crippen LogP contribution in [0.4, 0.5) is 0 Å². The Balaban J connectivity index is 1.49. The van der Waals surface area contributed by atoms with Gasteiger partial charge in [0.15, 0.2) is 0 Å². The zero-order valence-corrected chi connectivity index (χ0v) is 14.9. The monoisotopic (exact) mass is 344 g/mol. The molecule has 1 amide bonds. The molecule has 1 aliphatic rings. The Morgan fingerprint density at radius 3 is 2.96 bits per heavy atom. The number of nitrogens with one attached hydrogen (secondary N) is 1. The molecular weight excluding hydrogens is 320 g/mol. The van der Waals surface area contributed by atoms with Crippen molar-refractivity contribution >= 4 is 17.2 Å². The van der Waals surface area contributed by atoms with Crippen molar-refractivity contribution in [2.24, 2.45) is 0 Å². The molecule has 1 aliphatic carbocycles. The van der Waals surface area contributed by atoms with Gasteiger partial charge in [-0.1, -0.05) is 13.0 Å². The van der Waals surface area contributed by atoms with Crippen molar-refractivity contribution in [2.45, 2.75) is 51.9 Å². The van der Waals surface area contributed by atoms with Crippen LogP contribution >= 0.6 is 11.3 Å². The molecule has 0 spiro atoms. The van der Waals surface area contributed by atoms with Gasteiger partial charge in [0.2, 0.25) is 0 Å². The normalized spacial score (nSPS) is 13.5. The average molecular weight is 344 g/mol. The van der Waals surface area contributed by atoms with Gasteiger partial charge in [-0.15, -0.1) is 11.3 Å². The molecule has 0 bridgehead atoms. The number of thiazole rings is 1. The lowest BCUT2D eigenvalue weighted by Gasteiger charge is -2.08. The molecule has 0 unspecified atom stereocenters. The molecule has 0 fully saturated rings. The van der Waals surface area contributed by atoms with Crippen LogP contribution in [0.1, 0.15) is 57.7 Å². The smallest absolute Gasteiger partial charge is 0.255 e. The van der Waals surface area contributed by atoms with Crippen molar-refractivity contribution in [1.82, 2.24) is 10.3 Å². The average Bonchev–Trinajstić information content (AvgIpc) is 3.01. The molecule has 2 N–H and O–H groups in total. The summed E-state index contributed by atoms with van der Waals surface area (Å²) in [5.74, 6) is -0.168. The van der Waals surface area contributed by atoms with Crippen LogP contribution < -0.4 is 5.32 Å². The maximum atomic E-state index is 12.2. The maximum absolute atomic E-state index is 12.2. The lowest BCUT2D eigenvalue weighted by Crippen LogP contribution is -2.25. The minimum Gasteiger partial charge on any atom is -0.507 e. The molecule has 0 radical (unpaired) electrons. The third kappa shape index (κ3) is 3.96. The van der Waals surface area contributed by atoms with Crippen LogP contribution in [0, 0.1) is 0 Å². The van der Waals surface area contributed by atoms with E-state index in [1.807, 2.05) is 24.3 Å². The quantitative estimate of drug-likeness (QED) is 0.786. The summed E-state index contributed by atoms with van der Waals surface area (Å²) in [7, 11) is 0. The van der Waals surface area contributed by atoms with Crippen LogP contribution in [0.15, 0.2) is 18.2 Å². The Bertz CT molecular complexity index is 701. The lowest BCUT2D eigenvalue weighted by molar-refractivity contribution is 0.0950. The van der Waals surface area contributed by atoms with Crippen LogP contribution in [0.5, 0.6) is 5.75 Å². The largest absolute Gasteiger partial charge is 0.507 e. The Kier molecular flexibility index (Phi) is 5.51. The molecule has 0 saturated heterocycles. The van der Waals surface area contributed by atoms with Crippen molar-refractivity contribution in [3.05, 3.63) is 44.9 Å². The number of amides is 1. The third-order valence-electron chi connectivity index (χ3n) is 4.46. The minimum atomic E-state index is -0.207. The van der Waals surface area contributed by atoms with Crippen molar-refractivity contribution in [2.75, 3.05) is 6.54 Å². The number of phenols is 1. The number of phenolic OH excluding ortho intramolecular Hbond substituents is 1. The molecule has 0 atom stereocenters. The molecule has 4 nitrogen and oxygen atoms in total. The highest BCUT2D eigenvalue weighted by atomic mass is 32.1. The molecule has 128 valence electrons. The van der Waals surface area contributed by atoms with Gasteiger partial charge in [-0.2, -0.15) is 0 Å². The van der Waals surface area contributed by atoms with Crippen LogP contribution in [-0.2, 0) is 25.7 Å². The molecule has 0 aliphatic heterocycles. The van der Waals surface area contributed by atoms with Gasteiger partial charge in [0.05, 0.1) is 16.3 Å². The summed E-state index contributed by atoms with van der Waals surface area (Å²) in [6, 6.07) is 5.20. The van der Waals surface area contributed by atoms with Gasteiger partial charge in [-0.3, -0.25) is 4.79 Å². The summed E-state index contributed by atoms with van der Waals surface area (Å²) in [4.78, 5) is 18.4. The van der Waals surface area contributed by atoms with Crippen LogP contribution in [0.25, 0.3) is 0 Å². The number of carbonyl (C=O) groups excluding carboxylic acids is 1. The summed E-state index contributed by atoms with van der Waals surface area (Å²) in [5, 5.41) is 13.9. The molecule has 0 saturated carbocycles. The van der Waals surface area contributed by atoms with Gasteiger partial charge >= 0.3 is 0 Å². The molecule has 3 rings (SSSR count). The second kappa shape index (κ2) is 7.79. The molecule has 24 heavy (non-hydrogen) atoms. The van der Waals surface area contributed by atoms with Gasteiger partial charge in [0.25, 0.3) is 5.91 Å². The zero-order chi connectivity index (χ0) is 16.9. The molecule has 2 aromatic rings. The number of hydrogen-bond acceptors (Lipinski definition) is 4. The molecule has 5 heteroatoms. The van der Waals surface area contributed by atoms with E-state index in [1.165, 1.54) is 34.8 Å². The second-order valence-electron chi connectivity index (χ2n) is 6.25. The van der Waals surface area contributed by atoms with E-state index in [4.69, 9.17) is 4.98 Å². The van der Waals surface area contributed by atoms with Crippen LogP contribution in [-0.4, -0.2) is 22.5 Å². The number of aryl methyl sites for hydroxylation is 4. The number of nitrogens with zero attached hydrogens (tertiary/aromatic N) is 1. The number of hydrogen-bond donors (Lipinski definition) is 2. The van der Waals surface area contributed by atoms with Crippen molar-refractivity contribution in [3.63, 3.8) is 0 Å². The summed E-state index contributed by atoms with van der Waals surface area (Å²) in [6.07, 6.45) is 7.45. The summed E-state index contributed by atoms with van der Waals surface area (Å²) < 4.78 is 0. The molecule has 1 aromatic heterocycles. The van der Waals surface area contributed by atoms with E-state index >= 15 is 0 Å². The summed E-state index contributed by atoms with van der Waals surface area (Å²) >= 11 is 1.83. The van der Waals surface area contributed by atoms with E-state index in [2.05, 4.69) is 5.32 Å². The van der Waals surface area contributed by atoms with E-state index < -0.39 is 0 Å². The molecule has 1 aromatic carbocycles. The van der Waals surface area contributed by atoms with E-state index in [9.17, 15) is 9.90 Å². The van der Waals surface area contributed by atoms with E-state index in [0.29, 0.717) is 12.1 Å². The number of rotatable bonds is 6. The van der Waals surface area contributed by atoms with Crippen LogP contribution in [0.3, 0.4) is 0 Å². The topological polar surface area (TPSA) is 62.2 Å². The Morgan fingerprint density at radius 2 is 2.17 bits per heavy atom. The minimum absolute atomic E-state index is 0.0392. The Hall–Kier alpha value is -1.88. The highest BCUT2D eigenvalue weighted by Crippen LogP contribution is 2.27. The second-order valence-corrected chi connectivity index (χ2v) is 7.42. The molecule has 1 heterocycles. The standard InChI is InChI=1S/C19H24N2O2S/c1-2-13-9-10-16(22)14(12-13)19(23)20-11-5-8-18-21-15-6-3-4-7-17(15)24-18/h9-10,12,22H,2-8,11H2,1H3,(H,20,23). The fourth-order valence-electron chi connectivity index (χ4n) is 3.03. The SMILES string of the molecule is CCc1ccc(O)c(C(=O)NCCCc2nc3c(s2)CCCC3)c1. The Morgan fingerprint density at radius 1 is 1.33 bits per heavy atom. The van der Waals surface area contributed by atoms with E-state index in [-0.39, 0.29) is 11.7 Å². The highest BCUT2D eigenvalue weighted by Gasteiger charge is 2.15. The predicted octanol–water partition coefficient (Wildman–Crippen LogP) is 3.65. The lowest BCUT2D eigenvalue weighted by atomic mass is 10.0. The van der Waals surface area contributed by atoms with Crippen molar-refractivity contribution in [1.29, 1.82) is 0 Å². The third-order valence-corrected chi connectivity index (χ3v) is 5.67. The highest BCUT2D eigenvalue weighted by molar-refractivity contribution is 7.11. The first kappa shape index (κ1) is 17.0. The van der Waals surface area contributed by atoms with Gasteiger partial charge in [-0.05, 0) is 56.2 Å². The summed E-state index contributed by atoms with van der Waals surface area (Å²) in [6.45, 7) is 2.63. The van der Waals surface area contributed by atoms with Crippen molar-refractivity contribution in [3.8, 4) is 5.75 Å². The first-order valence-electron chi connectivity index (χ1n) is 8.75. The first-order chi connectivity index (χ1) is 11.7.